The molecule has 1 aliphatic heterocycles. The molecule has 1 aliphatic carbocycles. The Morgan fingerprint density at radius 2 is 2.19 bits per heavy atom. The van der Waals surface area contributed by atoms with Gasteiger partial charge >= 0.3 is 0 Å². The third-order valence-corrected chi connectivity index (χ3v) is 3.98. The van der Waals surface area contributed by atoms with E-state index in [1.165, 1.54) is 6.42 Å². The molecule has 1 heterocycles. The van der Waals surface area contributed by atoms with Gasteiger partial charge in [0.05, 0.1) is 19.3 Å². The molecule has 90 valence electrons. The normalized spacial score (nSPS) is 36.9. The molecule has 2 unspecified atom stereocenters. The fourth-order valence-corrected chi connectivity index (χ4v) is 2.88. The molecule has 0 radical (unpaired) electrons. The van der Waals surface area contributed by atoms with Gasteiger partial charge in [0.25, 0.3) is 0 Å². The maximum atomic E-state index is 9.30. The monoisotopic (exact) mass is 223 g/mol. The van der Waals surface area contributed by atoms with Gasteiger partial charge in [0.2, 0.25) is 0 Å². The van der Waals surface area contributed by atoms with Crippen molar-refractivity contribution in [2.75, 3.05) is 33.4 Å². The van der Waals surface area contributed by atoms with Crippen molar-refractivity contribution < 1.29 is 4.74 Å². The maximum absolute atomic E-state index is 9.30. The average molecular weight is 223 g/mol. The molecule has 2 atom stereocenters. The second-order valence-electron chi connectivity index (χ2n) is 4.84. The first kappa shape index (κ1) is 11.8. The van der Waals surface area contributed by atoms with Gasteiger partial charge in [0.1, 0.15) is 5.54 Å². The van der Waals surface area contributed by atoms with E-state index in [9.17, 15) is 5.26 Å². The Morgan fingerprint density at radius 1 is 1.44 bits per heavy atom. The fraction of sp³-hybridized carbons (Fsp3) is 0.917. The van der Waals surface area contributed by atoms with Crippen LogP contribution < -0.4 is 5.32 Å². The highest BCUT2D eigenvalue weighted by molar-refractivity contribution is 5.10. The van der Waals surface area contributed by atoms with E-state index in [1.54, 1.807) is 0 Å². The van der Waals surface area contributed by atoms with Gasteiger partial charge in [-0.2, -0.15) is 5.26 Å². The SMILES string of the molecule is CNC1(C#N)CCCC(N2CCOCC2)C1. The summed E-state index contributed by atoms with van der Waals surface area (Å²) in [6, 6.07) is 3.03. The number of hydrogen-bond acceptors (Lipinski definition) is 4. The smallest absolute Gasteiger partial charge is 0.108 e. The Bertz CT molecular complexity index is 270. The van der Waals surface area contributed by atoms with Crippen LogP contribution in [0.1, 0.15) is 25.7 Å². The first-order chi connectivity index (χ1) is 7.79. The van der Waals surface area contributed by atoms with Crippen LogP contribution in [-0.2, 0) is 4.74 Å². The maximum Gasteiger partial charge on any atom is 0.108 e. The van der Waals surface area contributed by atoms with E-state index in [2.05, 4.69) is 16.3 Å². The lowest BCUT2D eigenvalue weighted by Gasteiger charge is -2.42. The number of nitrogens with one attached hydrogen (secondary N) is 1. The second-order valence-corrected chi connectivity index (χ2v) is 4.84. The van der Waals surface area contributed by atoms with Crippen molar-refractivity contribution in [3.63, 3.8) is 0 Å². The van der Waals surface area contributed by atoms with Crippen molar-refractivity contribution in [2.45, 2.75) is 37.3 Å². The molecule has 16 heavy (non-hydrogen) atoms. The Labute approximate surface area is 97.6 Å². The third-order valence-electron chi connectivity index (χ3n) is 3.98. The summed E-state index contributed by atoms with van der Waals surface area (Å²) in [6.45, 7) is 3.73. The van der Waals surface area contributed by atoms with E-state index >= 15 is 0 Å². The van der Waals surface area contributed by atoms with Crippen LogP contribution in [0.25, 0.3) is 0 Å². The minimum absolute atomic E-state index is 0.290. The van der Waals surface area contributed by atoms with Crippen molar-refractivity contribution in [3.8, 4) is 6.07 Å². The molecule has 0 aromatic heterocycles. The van der Waals surface area contributed by atoms with Crippen LogP contribution in [0, 0.1) is 11.3 Å². The van der Waals surface area contributed by atoms with E-state index in [4.69, 9.17) is 4.74 Å². The highest BCUT2D eigenvalue weighted by Crippen LogP contribution is 2.30. The molecule has 4 nitrogen and oxygen atoms in total. The Balaban J connectivity index is 1.98. The van der Waals surface area contributed by atoms with E-state index < -0.39 is 0 Å². The summed E-state index contributed by atoms with van der Waals surface area (Å²) < 4.78 is 5.37. The molecular weight excluding hydrogens is 202 g/mol. The van der Waals surface area contributed by atoms with Gasteiger partial charge in [-0.1, -0.05) is 0 Å². The lowest BCUT2D eigenvalue weighted by Crippen LogP contribution is -2.53. The Kier molecular flexibility index (Phi) is 3.80. The van der Waals surface area contributed by atoms with Gasteiger partial charge in [-0.3, -0.25) is 4.90 Å². The van der Waals surface area contributed by atoms with Crippen molar-refractivity contribution in [1.29, 1.82) is 5.26 Å². The van der Waals surface area contributed by atoms with Crippen molar-refractivity contribution in [2.24, 2.45) is 0 Å². The summed E-state index contributed by atoms with van der Waals surface area (Å²) in [5, 5.41) is 12.5. The predicted molar refractivity (Wildman–Crippen MR) is 62.1 cm³/mol. The molecule has 0 aromatic rings. The lowest BCUT2D eigenvalue weighted by molar-refractivity contribution is 0.00187. The minimum Gasteiger partial charge on any atom is -0.379 e. The van der Waals surface area contributed by atoms with Crippen molar-refractivity contribution in [1.82, 2.24) is 10.2 Å². The van der Waals surface area contributed by atoms with Gasteiger partial charge in [-0.25, -0.2) is 0 Å². The molecule has 2 aliphatic rings. The van der Waals surface area contributed by atoms with Gasteiger partial charge in [-0.05, 0) is 32.7 Å². The van der Waals surface area contributed by atoms with E-state index in [-0.39, 0.29) is 5.54 Å². The number of nitriles is 1. The molecule has 1 saturated heterocycles. The number of ether oxygens (including phenoxy) is 1. The largest absolute Gasteiger partial charge is 0.379 e. The lowest BCUT2D eigenvalue weighted by atomic mass is 9.79. The molecule has 0 aromatic carbocycles. The molecule has 1 saturated carbocycles. The number of hydrogen-bond donors (Lipinski definition) is 1. The highest BCUT2D eigenvalue weighted by atomic mass is 16.5. The summed E-state index contributed by atoms with van der Waals surface area (Å²) in [7, 11) is 1.91. The summed E-state index contributed by atoms with van der Waals surface area (Å²) in [5.74, 6) is 0. The topological polar surface area (TPSA) is 48.3 Å². The molecule has 0 amide bonds. The van der Waals surface area contributed by atoms with Crippen LogP contribution in [-0.4, -0.2) is 49.8 Å². The van der Waals surface area contributed by atoms with Crippen LogP contribution in [0.2, 0.25) is 0 Å². The molecule has 1 N–H and O–H groups in total. The zero-order chi connectivity index (χ0) is 11.4. The Morgan fingerprint density at radius 3 is 2.81 bits per heavy atom. The van der Waals surface area contributed by atoms with Gasteiger partial charge in [-0.15, -0.1) is 0 Å². The summed E-state index contributed by atoms with van der Waals surface area (Å²) in [6.07, 6.45) is 4.32. The van der Waals surface area contributed by atoms with Crippen LogP contribution in [0.4, 0.5) is 0 Å². The van der Waals surface area contributed by atoms with Crippen molar-refractivity contribution in [3.05, 3.63) is 0 Å². The van der Waals surface area contributed by atoms with Crippen LogP contribution in [0.5, 0.6) is 0 Å². The first-order valence-corrected chi connectivity index (χ1v) is 6.22. The number of morpholine rings is 1. The van der Waals surface area contributed by atoms with Crippen LogP contribution in [0.3, 0.4) is 0 Å². The number of rotatable bonds is 2. The van der Waals surface area contributed by atoms with E-state index in [0.717, 1.165) is 45.6 Å². The second kappa shape index (κ2) is 5.13. The predicted octanol–water partition coefficient (Wildman–Crippen LogP) is 0.743. The summed E-state index contributed by atoms with van der Waals surface area (Å²) >= 11 is 0. The minimum atomic E-state index is -0.290. The summed E-state index contributed by atoms with van der Waals surface area (Å²) in [5.41, 5.74) is -0.290. The first-order valence-electron chi connectivity index (χ1n) is 6.22. The molecule has 0 spiro atoms. The van der Waals surface area contributed by atoms with Crippen LogP contribution in [0.15, 0.2) is 0 Å². The highest BCUT2D eigenvalue weighted by Gasteiger charge is 2.37. The Hall–Kier alpha value is -0.630. The van der Waals surface area contributed by atoms with Gasteiger partial charge in [0.15, 0.2) is 0 Å². The van der Waals surface area contributed by atoms with Crippen molar-refractivity contribution >= 4 is 0 Å². The average Bonchev–Trinajstić information content (AvgIpc) is 2.40. The molecule has 2 fully saturated rings. The zero-order valence-electron chi connectivity index (χ0n) is 10.0. The van der Waals surface area contributed by atoms with E-state index in [0.29, 0.717) is 6.04 Å². The van der Waals surface area contributed by atoms with Gasteiger partial charge < -0.3 is 10.1 Å². The molecular formula is C12H21N3O. The molecule has 0 bridgehead atoms. The fourth-order valence-electron chi connectivity index (χ4n) is 2.88. The zero-order valence-corrected chi connectivity index (χ0v) is 10.0. The van der Waals surface area contributed by atoms with E-state index in [1.807, 2.05) is 7.05 Å². The third kappa shape index (κ3) is 2.37. The standard InChI is InChI=1S/C12H21N3O/c1-14-12(10-13)4-2-3-11(9-12)15-5-7-16-8-6-15/h11,14H,2-9H2,1H3. The summed E-state index contributed by atoms with van der Waals surface area (Å²) in [4.78, 5) is 2.49. The molecule has 2 rings (SSSR count). The molecule has 4 heteroatoms. The number of nitrogens with zero attached hydrogens (tertiary/aromatic N) is 2. The van der Waals surface area contributed by atoms with Crippen LogP contribution >= 0.6 is 0 Å². The van der Waals surface area contributed by atoms with Gasteiger partial charge in [0, 0.05) is 19.1 Å². The quantitative estimate of drug-likeness (QED) is 0.750.